The van der Waals surface area contributed by atoms with Gasteiger partial charge in [-0.15, -0.1) is 0 Å². The number of anilines is 1. The van der Waals surface area contributed by atoms with Crippen molar-refractivity contribution < 1.29 is 9.47 Å². The highest BCUT2D eigenvalue weighted by Crippen LogP contribution is 2.44. The van der Waals surface area contributed by atoms with Crippen LogP contribution in [0.1, 0.15) is 25.0 Å². The van der Waals surface area contributed by atoms with Crippen molar-refractivity contribution >= 4 is 5.69 Å². The molecule has 2 aromatic rings. The number of para-hydroxylation sites is 1. The quantitative estimate of drug-likeness (QED) is 0.853. The summed E-state index contributed by atoms with van der Waals surface area (Å²) in [5.41, 5.74) is 7.78. The lowest BCUT2D eigenvalue weighted by Crippen LogP contribution is -2.24. The SMILES string of the molecule is CC1(C)Cc2cccc(Oc3ccc(C#N)cc3N)c2O1. The van der Waals surface area contributed by atoms with Crippen molar-refractivity contribution in [1.29, 1.82) is 5.26 Å². The summed E-state index contributed by atoms with van der Waals surface area (Å²) in [5, 5.41) is 8.86. The summed E-state index contributed by atoms with van der Waals surface area (Å²) in [6.45, 7) is 4.10. The van der Waals surface area contributed by atoms with Gasteiger partial charge in [-0.25, -0.2) is 0 Å². The van der Waals surface area contributed by atoms with Gasteiger partial charge in [-0.2, -0.15) is 5.26 Å². The second kappa shape index (κ2) is 4.71. The molecule has 106 valence electrons. The minimum atomic E-state index is -0.224. The molecule has 21 heavy (non-hydrogen) atoms. The number of rotatable bonds is 2. The Labute approximate surface area is 123 Å². The largest absolute Gasteiger partial charge is 0.483 e. The fourth-order valence-electron chi connectivity index (χ4n) is 2.50. The summed E-state index contributed by atoms with van der Waals surface area (Å²) < 4.78 is 11.8. The summed E-state index contributed by atoms with van der Waals surface area (Å²) in [5.74, 6) is 1.94. The number of benzene rings is 2. The van der Waals surface area contributed by atoms with Crippen molar-refractivity contribution in [2.75, 3.05) is 5.73 Å². The standard InChI is InChI=1S/C17H16N2O2/c1-17(2)9-12-4-3-5-15(16(12)21-17)20-14-7-6-11(10-18)8-13(14)19/h3-8H,9,19H2,1-2H3. The number of nitriles is 1. The van der Waals surface area contributed by atoms with Gasteiger partial charge >= 0.3 is 0 Å². The summed E-state index contributed by atoms with van der Waals surface area (Å²) in [6.07, 6.45) is 0.850. The van der Waals surface area contributed by atoms with Crippen molar-refractivity contribution in [3.63, 3.8) is 0 Å². The second-order valence-electron chi connectivity index (χ2n) is 5.75. The Kier molecular flexibility index (Phi) is 2.99. The molecule has 0 atom stereocenters. The van der Waals surface area contributed by atoms with E-state index in [-0.39, 0.29) is 5.60 Å². The number of fused-ring (bicyclic) bond motifs is 1. The number of ether oxygens (including phenoxy) is 2. The maximum absolute atomic E-state index is 8.86. The number of nitrogen functional groups attached to an aromatic ring is 1. The third kappa shape index (κ3) is 2.50. The second-order valence-corrected chi connectivity index (χ2v) is 5.75. The lowest BCUT2D eigenvalue weighted by atomic mass is 10.0. The summed E-state index contributed by atoms with van der Waals surface area (Å²) in [6, 6.07) is 12.9. The van der Waals surface area contributed by atoms with Crippen molar-refractivity contribution in [3.05, 3.63) is 47.5 Å². The van der Waals surface area contributed by atoms with Crippen LogP contribution in [0, 0.1) is 11.3 Å². The van der Waals surface area contributed by atoms with E-state index in [1.807, 2.05) is 32.0 Å². The van der Waals surface area contributed by atoms with Crippen molar-refractivity contribution in [2.24, 2.45) is 0 Å². The Hall–Kier alpha value is -2.67. The molecule has 0 unspecified atom stereocenters. The molecule has 0 fully saturated rings. The van der Waals surface area contributed by atoms with Crippen LogP contribution in [0.15, 0.2) is 36.4 Å². The van der Waals surface area contributed by atoms with Crippen LogP contribution in [-0.2, 0) is 6.42 Å². The van der Waals surface area contributed by atoms with Gasteiger partial charge in [-0.1, -0.05) is 12.1 Å². The first-order chi connectivity index (χ1) is 9.98. The lowest BCUT2D eigenvalue weighted by Gasteiger charge is -2.18. The van der Waals surface area contributed by atoms with Crippen LogP contribution in [0.25, 0.3) is 0 Å². The summed E-state index contributed by atoms with van der Waals surface area (Å²) in [7, 11) is 0. The molecule has 0 radical (unpaired) electrons. The first-order valence-electron chi connectivity index (χ1n) is 6.77. The van der Waals surface area contributed by atoms with Crippen molar-refractivity contribution in [3.8, 4) is 23.3 Å². The molecular weight excluding hydrogens is 264 g/mol. The molecule has 1 aliphatic rings. The average molecular weight is 280 g/mol. The van der Waals surface area contributed by atoms with Crippen LogP contribution < -0.4 is 15.2 Å². The Morgan fingerprint density at radius 3 is 2.76 bits per heavy atom. The number of hydrogen-bond donors (Lipinski definition) is 1. The zero-order valence-electron chi connectivity index (χ0n) is 12.0. The zero-order chi connectivity index (χ0) is 15.0. The van der Waals surface area contributed by atoms with Crippen molar-refractivity contribution in [2.45, 2.75) is 25.9 Å². The molecule has 1 aliphatic heterocycles. The van der Waals surface area contributed by atoms with Crippen LogP contribution in [0.5, 0.6) is 17.2 Å². The van der Waals surface area contributed by atoms with Gasteiger partial charge in [0.1, 0.15) is 5.60 Å². The molecule has 0 aromatic heterocycles. The fraction of sp³-hybridized carbons (Fsp3) is 0.235. The van der Waals surface area contributed by atoms with Gasteiger partial charge in [0.05, 0.1) is 17.3 Å². The van der Waals surface area contributed by atoms with E-state index in [1.54, 1.807) is 18.2 Å². The maximum Gasteiger partial charge on any atom is 0.169 e. The minimum Gasteiger partial charge on any atom is -0.483 e. The predicted octanol–water partition coefficient (Wildman–Crippen LogP) is 3.65. The Morgan fingerprint density at radius 1 is 1.24 bits per heavy atom. The van der Waals surface area contributed by atoms with Gasteiger partial charge in [-0.05, 0) is 38.1 Å². The molecule has 0 amide bonds. The highest BCUT2D eigenvalue weighted by atomic mass is 16.5. The Morgan fingerprint density at radius 2 is 2.05 bits per heavy atom. The highest BCUT2D eigenvalue weighted by Gasteiger charge is 2.32. The van der Waals surface area contributed by atoms with Crippen LogP contribution in [-0.4, -0.2) is 5.60 Å². The number of nitrogens with two attached hydrogens (primary N) is 1. The smallest absolute Gasteiger partial charge is 0.169 e. The molecule has 4 heteroatoms. The number of nitrogens with zero attached hydrogens (tertiary/aromatic N) is 1. The van der Waals surface area contributed by atoms with Gasteiger partial charge in [0, 0.05) is 12.0 Å². The first-order valence-corrected chi connectivity index (χ1v) is 6.77. The molecule has 0 spiro atoms. The van der Waals surface area contributed by atoms with Gasteiger partial charge in [0.2, 0.25) is 0 Å². The fourth-order valence-corrected chi connectivity index (χ4v) is 2.50. The Bertz CT molecular complexity index is 745. The van der Waals surface area contributed by atoms with Gasteiger partial charge in [0.15, 0.2) is 17.2 Å². The van der Waals surface area contributed by atoms with Crippen LogP contribution in [0.2, 0.25) is 0 Å². The van der Waals surface area contributed by atoms with E-state index in [4.69, 9.17) is 20.5 Å². The topological polar surface area (TPSA) is 68.3 Å². The Balaban J connectivity index is 1.94. The minimum absolute atomic E-state index is 0.224. The van der Waals surface area contributed by atoms with E-state index in [9.17, 15) is 0 Å². The molecule has 0 aliphatic carbocycles. The van der Waals surface area contributed by atoms with E-state index in [1.165, 1.54) is 0 Å². The van der Waals surface area contributed by atoms with E-state index < -0.39 is 0 Å². The third-order valence-electron chi connectivity index (χ3n) is 3.41. The highest BCUT2D eigenvalue weighted by molar-refractivity contribution is 5.60. The first kappa shape index (κ1) is 13.3. The zero-order valence-corrected chi connectivity index (χ0v) is 12.0. The van der Waals surface area contributed by atoms with Crippen LogP contribution in [0.4, 0.5) is 5.69 Å². The maximum atomic E-state index is 8.86. The molecule has 0 bridgehead atoms. The summed E-state index contributed by atoms with van der Waals surface area (Å²) >= 11 is 0. The normalized spacial score (nSPS) is 14.9. The van der Waals surface area contributed by atoms with Gasteiger partial charge < -0.3 is 15.2 Å². The molecule has 1 heterocycles. The van der Waals surface area contributed by atoms with Gasteiger partial charge in [0.25, 0.3) is 0 Å². The molecule has 4 nitrogen and oxygen atoms in total. The molecule has 0 saturated carbocycles. The van der Waals surface area contributed by atoms with Gasteiger partial charge in [-0.3, -0.25) is 0 Å². The third-order valence-corrected chi connectivity index (χ3v) is 3.41. The van der Waals surface area contributed by atoms with E-state index in [0.717, 1.165) is 17.7 Å². The molecule has 0 saturated heterocycles. The monoisotopic (exact) mass is 280 g/mol. The van der Waals surface area contributed by atoms with E-state index in [0.29, 0.717) is 22.7 Å². The van der Waals surface area contributed by atoms with Crippen LogP contribution in [0.3, 0.4) is 0 Å². The van der Waals surface area contributed by atoms with E-state index >= 15 is 0 Å². The van der Waals surface area contributed by atoms with E-state index in [2.05, 4.69) is 6.07 Å². The molecule has 3 rings (SSSR count). The average Bonchev–Trinajstić information content (AvgIpc) is 2.76. The number of hydrogen-bond acceptors (Lipinski definition) is 4. The summed E-state index contributed by atoms with van der Waals surface area (Å²) in [4.78, 5) is 0. The lowest BCUT2D eigenvalue weighted by molar-refractivity contribution is 0.135. The predicted molar refractivity (Wildman–Crippen MR) is 80.5 cm³/mol. The molecule has 2 aromatic carbocycles. The van der Waals surface area contributed by atoms with Crippen molar-refractivity contribution in [1.82, 2.24) is 0 Å². The molecular formula is C17H16N2O2. The molecule has 2 N–H and O–H groups in total. The van der Waals surface area contributed by atoms with Crippen LogP contribution >= 0.6 is 0 Å².